The molecule has 7 nitrogen and oxygen atoms in total. The van der Waals surface area contributed by atoms with E-state index in [1.807, 2.05) is 33.8 Å². The molecule has 1 aromatic heterocycles. The lowest BCUT2D eigenvalue weighted by Gasteiger charge is -2.18. The first-order chi connectivity index (χ1) is 14.8. The Morgan fingerprint density at radius 1 is 1.19 bits per heavy atom. The Kier molecular flexibility index (Phi) is 7.00. The standard InChI is InChI=1S/C23H28N2O5S/c1-12(8-10-18(26)25-23-24-14(3)15(4)31-23)7-9-16-20(28-5)13(2)17-11-30-22(27)19(17)21(16)29-6/h7H,8-11H2,1-6H3,(H,24,25,26). The fraction of sp³-hybridized carbons (Fsp3) is 0.435. The molecule has 0 atom stereocenters. The highest BCUT2D eigenvalue weighted by molar-refractivity contribution is 7.15. The van der Waals surface area contributed by atoms with E-state index in [0.29, 0.717) is 41.5 Å². The second-order valence-electron chi connectivity index (χ2n) is 7.56. The second-order valence-corrected chi connectivity index (χ2v) is 8.77. The number of rotatable bonds is 8. The van der Waals surface area contributed by atoms with Gasteiger partial charge in [0, 0.05) is 22.4 Å². The lowest BCUT2D eigenvalue weighted by Crippen LogP contribution is -2.11. The molecule has 31 heavy (non-hydrogen) atoms. The zero-order valence-electron chi connectivity index (χ0n) is 18.8. The van der Waals surface area contributed by atoms with Crippen molar-refractivity contribution >= 4 is 28.3 Å². The predicted molar refractivity (Wildman–Crippen MR) is 120 cm³/mol. The van der Waals surface area contributed by atoms with Crippen molar-refractivity contribution in [1.29, 1.82) is 0 Å². The number of cyclic esters (lactones) is 1. The Morgan fingerprint density at radius 2 is 1.90 bits per heavy atom. The number of ether oxygens (including phenoxy) is 3. The number of nitrogens with zero attached hydrogens (tertiary/aromatic N) is 1. The summed E-state index contributed by atoms with van der Waals surface area (Å²) in [6, 6.07) is 0. The van der Waals surface area contributed by atoms with Crippen LogP contribution in [0.4, 0.5) is 5.13 Å². The largest absolute Gasteiger partial charge is 0.496 e. The third-order valence-electron chi connectivity index (χ3n) is 5.51. The molecule has 0 saturated heterocycles. The van der Waals surface area contributed by atoms with Gasteiger partial charge in [-0.15, -0.1) is 11.3 Å². The first-order valence-corrected chi connectivity index (χ1v) is 10.9. The summed E-state index contributed by atoms with van der Waals surface area (Å²) in [7, 11) is 3.15. The Labute approximate surface area is 186 Å². The fourth-order valence-corrected chi connectivity index (χ4v) is 4.46. The zero-order valence-corrected chi connectivity index (χ0v) is 19.6. The number of nitrogens with one attached hydrogen (secondary N) is 1. The number of aromatic nitrogens is 1. The lowest BCUT2D eigenvalue weighted by molar-refractivity contribution is -0.116. The summed E-state index contributed by atoms with van der Waals surface area (Å²) in [6.07, 6.45) is 3.54. The van der Waals surface area contributed by atoms with E-state index in [2.05, 4.69) is 10.3 Å². The van der Waals surface area contributed by atoms with Crippen molar-refractivity contribution < 1.29 is 23.8 Å². The number of fused-ring (bicyclic) bond motifs is 1. The first kappa shape index (κ1) is 22.8. The monoisotopic (exact) mass is 444 g/mol. The quantitative estimate of drug-likeness (QED) is 0.471. The van der Waals surface area contributed by atoms with E-state index in [-0.39, 0.29) is 18.5 Å². The molecule has 0 fully saturated rings. The SMILES string of the molecule is COc1c(C)c2c(c(OC)c1CC=C(C)CCC(=O)Nc1nc(C)c(C)s1)C(=O)OC2. The van der Waals surface area contributed by atoms with E-state index in [0.717, 1.165) is 32.8 Å². The molecule has 1 amide bonds. The molecule has 1 aliphatic rings. The average Bonchev–Trinajstić information content (AvgIpc) is 3.27. The van der Waals surface area contributed by atoms with Gasteiger partial charge < -0.3 is 19.5 Å². The van der Waals surface area contributed by atoms with E-state index in [1.54, 1.807) is 14.2 Å². The summed E-state index contributed by atoms with van der Waals surface area (Å²) in [6.45, 7) is 8.05. The van der Waals surface area contributed by atoms with Crippen molar-refractivity contribution in [3.8, 4) is 11.5 Å². The molecule has 0 aliphatic carbocycles. The molecule has 1 aliphatic heterocycles. The minimum absolute atomic E-state index is 0.0622. The number of benzene rings is 1. The molecule has 0 radical (unpaired) electrons. The van der Waals surface area contributed by atoms with Gasteiger partial charge >= 0.3 is 5.97 Å². The lowest BCUT2D eigenvalue weighted by atomic mass is 9.94. The number of aryl methyl sites for hydroxylation is 2. The summed E-state index contributed by atoms with van der Waals surface area (Å²) in [4.78, 5) is 29.9. The highest BCUT2D eigenvalue weighted by Gasteiger charge is 2.32. The molecule has 3 rings (SSSR count). The van der Waals surface area contributed by atoms with E-state index in [9.17, 15) is 9.59 Å². The topological polar surface area (TPSA) is 86.8 Å². The Balaban J connectivity index is 1.72. The Morgan fingerprint density at radius 3 is 2.52 bits per heavy atom. The molecule has 0 bridgehead atoms. The smallest absolute Gasteiger partial charge is 0.342 e. The van der Waals surface area contributed by atoms with Crippen LogP contribution in [0.1, 0.15) is 57.4 Å². The van der Waals surface area contributed by atoms with E-state index in [4.69, 9.17) is 14.2 Å². The summed E-state index contributed by atoms with van der Waals surface area (Å²) in [5.74, 6) is 0.762. The van der Waals surface area contributed by atoms with Crippen molar-refractivity contribution in [3.63, 3.8) is 0 Å². The van der Waals surface area contributed by atoms with Crippen LogP contribution in [0, 0.1) is 20.8 Å². The van der Waals surface area contributed by atoms with Crippen LogP contribution in [0.5, 0.6) is 11.5 Å². The number of carbonyl (C=O) groups excluding carboxylic acids is 2. The molecule has 166 valence electrons. The van der Waals surface area contributed by atoms with Crippen LogP contribution in [0.2, 0.25) is 0 Å². The molecule has 0 spiro atoms. The van der Waals surface area contributed by atoms with Gasteiger partial charge in [-0.1, -0.05) is 11.6 Å². The van der Waals surface area contributed by atoms with Crippen LogP contribution in [0.25, 0.3) is 0 Å². The number of amides is 1. The fourth-order valence-electron chi connectivity index (χ4n) is 3.63. The summed E-state index contributed by atoms with van der Waals surface area (Å²) in [5.41, 5.74) is 4.98. The maximum absolute atomic E-state index is 12.3. The molecular weight excluding hydrogens is 416 g/mol. The van der Waals surface area contributed by atoms with Crippen molar-refractivity contribution in [3.05, 3.63) is 44.5 Å². The summed E-state index contributed by atoms with van der Waals surface area (Å²) in [5, 5.41) is 3.50. The number of carbonyl (C=O) groups is 2. The van der Waals surface area contributed by atoms with Gasteiger partial charge in [-0.05, 0) is 46.1 Å². The van der Waals surface area contributed by atoms with Gasteiger partial charge in [-0.3, -0.25) is 4.79 Å². The van der Waals surface area contributed by atoms with Crippen LogP contribution in [-0.4, -0.2) is 31.1 Å². The van der Waals surface area contributed by atoms with Gasteiger partial charge in [0.2, 0.25) is 5.91 Å². The normalized spacial score (nSPS) is 13.1. The van der Waals surface area contributed by atoms with Crippen LogP contribution >= 0.6 is 11.3 Å². The molecule has 2 heterocycles. The Bertz CT molecular complexity index is 1040. The van der Waals surface area contributed by atoms with Crippen molar-refractivity contribution in [2.24, 2.45) is 0 Å². The third kappa shape index (κ3) is 4.74. The minimum Gasteiger partial charge on any atom is -0.496 e. The highest BCUT2D eigenvalue weighted by Crippen LogP contribution is 2.42. The van der Waals surface area contributed by atoms with Crippen molar-refractivity contribution in [1.82, 2.24) is 4.98 Å². The summed E-state index contributed by atoms with van der Waals surface area (Å²) >= 11 is 1.48. The molecule has 8 heteroatoms. The number of hydrogen-bond donors (Lipinski definition) is 1. The van der Waals surface area contributed by atoms with Crippen molar-refractivity contribution in [2.75, 3.05) is 19.5 Å². The van der Waals surface area contributed by atoms with Crippen LogP contribution in [0.3, 0.4) is 0 Å². The zero-order chi connectivity index (χ0) is 22.7. The minimum atomic E-state index is -0.371. The third-order valence-corrected chi connectivity index (χ3v) is 6.49. The van der Waals surface area contributed by atoms with E-state index in [1.165, 1.54) is 11.3 Å². The molecule has 0 saturated carbocycles. The van der Waals surface area contributed by atoms with Gasteiger partial charge in [0.25, 0.3) is 0 Å². The maximum atomic E-state index is 12.3. The van der Waals surface area contributed by atoms with Crippen LogP contribution < -0.4 is 14.8 Å². The number of anilines is 1. The molecule has 1 N–H and O–H groups in total. The summed E-state index contributed by atoms with van der Waals surface area (Å²) < 4.78 is 16.4. The van der Waals surface area contributed by atoms with Gasteiger partial charge in [-0.2, -0.15) is 0 Å². The number of thiazole rings is 1. The number of hydrogen-bond acceptors (Lipinski definition) is 7. The maximum Gasteiger partial charge on any atom is 0.342 e. The molecule has 2 aromatic rings. The first-order valence-electron chi connectivity index (χ1n) is 10.1. The van der Waals surface area contributed by atoms with Crippen LogP contribution in [-0.2, 0) is 22.6 Å². The van der Waals surface area contributed by atoms with E-state index < -0.39 is 0 Å². The number of esters is 1. The van der Waals surface area contributed by atoms with Crippen LogP contribution in [0.15, 0.2) is 11.6 Å². The van der Waals surface area contributed by atoms with E-state index >= 15 is 0 Å². The highest BCUT2D eigenvalue weighted by atomic mass is 32.1. The van der Waals surface area contributed by atoms with Gasteiger partial charge in [0.15, 0.2) is 5.13 Å². The second kappa shape index (κ2) is 9.51. The van der Waals surface area contributed by atoms with Gasteiger partial charge in [0.1, 0.15) is 23.7 Å². The average molecular weight is 445 g/mol. The predicted octanol–water partition coefficient (Wildman–Crippen LogP) is 4.66. The molecule has 0 unspecified atom stereocenters. The Hall–Kier alpha value is -2.87. The molecular formula is C23H28N2O5S. The van der Waals surface area contributed by atoms with Gasteiger partial charge in [-0.25, -0.2) is 9.78 Å². The number of allylic oxidation sites excluding steroid dienone is 2. The van der Waals surface area contributed by atoms with Crippen molar-refractivity contribution in [2.45, 2.75) is 53.6 Å². The van der Waals surface area contributed by atoms with Gasteiger partial charge in [0.05, 0.1) is 19.9 Å². The molecule has 1 aromatic carbocycles. The number of methoxy groups -OCH3 is 2.